The Balaban J connectivity index is 1.47. The van der Waals surface area contributed by atoms with Gasteiger partial charge in [0.05, 0.1) is 4.90 Å². The predicted octanol–water partition coefficient (Wildman–Crippen LogP) is 4.52. The van der Waals surface area contributed by atoms with Gasteiger partial charge in [0.25, 0.3) is 10.0 Å². The quantitative estimate of drug-likeness (QED) is 0.494. The average molecular weight is 466 g/mol. The second-order valence-corrected chi connectivity index (χ2v) is 9.82. The largest absolute Gasteiger partial charge is 0.341 e. The molecule has 3 aromatic rings. The Hall–Kier alpha value is -3.46. The van der Waals surface area contributed by atoms with Gasteiger partial charge in [0.15, 0.2) is 5.78 Å². The van der Waals surface area contributed by atoms with Gasteiger partial charge in [0, 0.05) is 41.8 Å². The second-order valence-electron chi connectivity index (χ2n) is 8.13. The first-order valence-corrected chi connectivity index (χ1v) is 12.4. The SMILES string of the molecule is CC(=O)c1cccc(S(=O)(=O)Nc2ccc(Nc3cc(C)nc(N4CCCCC4)n3)cc2)c1. The molecule has 0 atom stereocenters. The van der Waals surface area contributed by atoms with Crippen molar-refractivity contribution in [3.63, 3.8) is 0 Å². The maximum atomic E-state index is 12.7. The van der Waals surface area contributed by atoms with Crippen molar-refractivity contribution in [2.75, 3.05) is 28.0 Å². The Morgan fingerprint density at radius 2 is 1.64 bits per heavy atom. The van der Waals surface area contributed by atoms with Crippen molar-refractivity contribution in [2.24, 2.45) is 0 Å². The number of piperidine rings is 1. The predicted molar refractivity (Wildman–Crippen MR) is 130 cm³/mol. The third-order valence-corrected chi connectivity index (χ3v) is 6.82. The smallest absolute Gasteiger partial charge is 0.261 e. The molecule has 1 aliphatic rings. The number of sulfonamides is 1. The first-order valence-electron chi connectivity index (χ1n) is 10.9. The molecule has 2 N–H and O–H groups in total. The number of hydrogen-bond donors (Lipinski definition) is 2. The number of benzene rings is 2. The Labute approximate surface area is 194 Å². The third-order valence-electron chi connectivity index (χ3n) is 5.44. The fourth-order valence-corrected chi connectivity index (χ4v) is 4.82. The van der Waals surface area contributed by atoms with Crippen LogP contribution in [0.15, 0.2) is 59.5 Å². The van der Waals surface area contributed by atoms with Crippen molar-refractivity contribution in [2.45, 2.75) is 38.0 Å². The summed E-state index contributed by atoms with van der Waals surface area (Å²) in [5, 5.41) is 3.27. The first-order chi connectivity index (χ1) is 15.8. The Kier molecular flexibility index (Phi) is 6.60. The molecule has 0 radical (unpaired) electrons. The van der Waals surface area contributed by atoms with Crippen LogP contribution in [0.5, 0.6) is 0 Å². The Morgan fingerprint density at radius 1 is 0.939 bits per heavy atom. The van der Waals surface area contributed by atoms with Gasteiger partial charge in [-0.05, 0) is 69.5 Å². The molecule has 0 spiro atoms. The lowest BCUT2D eigenvalue weighted by molar-refractivity contribution is 0.101. The van der Waals surface area contributed by atoms with Gasteiger partial charge in [0.2, 0.25) is 5.95 Å². The van der Waals surface area contributed by atoms with Crippen molar-refractivity contribution in [3.05, 3.63) is 65.9 Å². The summed E-state index contributed by atoms with van der Waals surface area (Å²) >= 11 is 0. The zero-order valence-corrected chi connectivity index (χ0v) is 19.5. The van der Waals surface area contributed by atoms with Crippen LogP contribution in [0.4, 0.5) is 23.1 Å². The highest BCUT2D eigenvalue weighted by atomic mass is 32.2. The number of anilines is 4. The first kappa shape index (κ1) is 22.7. The lowest BCUT2D eigenvalue weighted by Crippen LogP contribution is -2.31. The van der Waals surface area contributed by atoms with Crippen LogP contribution in [-0.4, -0.2) is 37.3 Å². The number of nitrogens with zero attached hydrogens (tertiary/aromatic N) is 3. The molecule has 1 aromatic heterocycles. The number of ketones is 1. The van der Waals surface area contributed by atoms with Gasteiger partial charge in [0.1, 0.15) is 5.82 Å². The molecule has 1 fully saturated rings. The van der Waals surface area contributed by atoms with E-state index in [1.54, 1.807) is 36.4 Å². The molecular formula is C24H27N5O3S. The van der Waals surface area contributed by atoms with Crippen LogP contribution in [-0.2, 0) is 10.0 Å². The summed E-state index contributed by atoms with van der Waals surface area (Å²) in [5.74, 6) is 1.23. The molecule has 2 heterocycles. The highest BCUT2D eigenvalue weighted by Crippen LogP contribution is 2.23. The Bertz CT molecular complexity index is 1250. The maximum absolute atomic E-state index is 12.7. The summed E-state index contributed by atoms with van der Waals surface area (Å²) in [6, 6.07) is 14.8. The van der Waals surface area contributed by atoms with E-state index in [9.17, 15) is 13.2 Å². The minimum atomic E-state index is -3.81. The normalized spacial score (nSPS) is 14.1. The summed E-state index contributed by atoms with van der Waals surface area (Å²) in [6.07, 6.45) is 3.54. The summed E-state index contributed by atoms with van der Waals surface area (Å²) in [4.78, 5) is 23.1. The van der Waals surface area contributed by atoms with E-state index in [1.165, 1.54) is 25.5 Å². The highest BCUT2D eigenvalue weighted by molar-refractivity contribution is 7.92. The molecule has 1 saturated heterocycles. The van der Waals surface area contributed by atoms with E-state index in [0.717, 1.165) is 43.3 Å². The van der Waals surface area contributed by atoms with E-state index < -0.39 is 10.0 Å². The fourth-order valence-electron chi connectivity index (χ4n) is 3.72. The van der Waals surface area contributed by atoms with Gasteiger partial charge in [-0.25, -0.2) is 13.4 Å². The van der Waals surface area contributed by atoms with Crippen molar-refractivity contribution in [3.8, 4) is 0 Å². The van der Waals surface area contributed by atoms with Crippen molar-refractivity contribution in [1.82, 2.24) is 9.97 Å². The van der Waals surface area contributed by atoms with Crippen LogP contribution in [0.2, 0.25) is 0 Å². The maximum Gasteiger partial charge on any atom is 0.261 e. The number of aryl methyl sites for hydroxylation is 1. The standard InChI is InChI=1S/C24H27N5O3S/c1-17-15-23(27-24(25-17)29-13-4-3-5-14-29)26-20-9-11-21(12-10-20)28-33(31,32)22-8-6-7-19(16-22)18(2)30/h6-12,15-16,28H,3-5,13-14H2,1-2H3,(H,25,26,27). The number of rotatable bonds is 7. The van der Waals surface area contributed by atoms with Crippen molar-refractivity contribution in [1.29, 1.82) is 0 Å². The minimum absolute atomic E-state index is 0.0408. The Morgan fingerprint density at radius 3 is 2.33 bits per heavy atom. The van der Waals surface area contributed by atoms with E-state index >= 15 is 0 Å². The number of nitrogens with one attached hydrogen (secondary N) is 2. The molecule has 0 unspecified atom stereocenters. The molecular weight excluding hydrogens is 438 g/mol. The van der Waals surface area contributed by atoms with Crippen LogP contribution in [0, 0.1) is 6.92 Å². The molecule has 0 amide bonds. The second kappa shape index (κ2) is 9.58. The summed E-state index contributed by atoms with van der Waals surface area (Å²) in [6.45, 7) is 5.28. The fraction of sp³-hybridized carbons (Fsp3) is 0.292. The van der Waals surface area contributed by atoms with E-state index in [2.05, 4.69) is 24.9 Å². The van der Waals surface area contributed by atoms with Gasteiger partial charge in [-0.1, -0.05) is 12.1 Å². The van der Waals surface area contributed by atoms with Crippen LogP contribution >= 0.6 is 0 Å². The molecule has 0 saturated carbocycles. The van der Waals surface area contributed by atoms with E-state index in [-0.39, 0.29) is 10.7 Å². The lowest BCUT2D eigenvalue weighted by Gasteiger charge is -2.27. The summed E-state index contributed by atoms with van der Waals surface area (Å²) in [7, 11) is -3.81. The molecule has 2 aromatic carbocycles. The number of Topliss-reactive ketones (excluding diaryl/α,β-unsaturated/α-hetero) is 1. The van der Waals surface area contributed by atoms with Crippen LogP contribution in [0.1, 0.15) is 42.2 Å². The summed E-state index contributed by atoms with van der Waals surface area (Å²) < 4.78 is 28.0. The molecule has 1 aliphatic heterocycles. The van der Waals surface area contributed by atoms with Crippen molar-refractivity contribution >= 4 is 38.9 Å². The minimum Gasteiger partial charge on any atom is -0.341 e. The van der Waals surface area contributed by atoms with Crippen LogP contribution < -0.4 is 14.9 Å². The third kappa shape index (κ3) is 5.67. The van der Waals surface area contributed by atoms with E-state index in [4.69, 9.17) is 0 Å². The van der Waals surface area contributed by atoms with Gasteiger partial charge in [-0.2, -0.15) is 4.98 Å². The monoisotopic (exact) mass is 465 g/mol. The molecule has 172 valence electrons. The molecule has 8 nitrogen and oxygen atoms in total. The number of hydrogen-bond acceptors (Lipinski definition) is 7. The number of carbonyl (C=O) groups excluding carboxylic acids is 1. The van der Waals surface area contributed by atoms with E-state index in [0.29, 0.717) is 17.1 Å². The highest BCUT2D eigenvalue weighted by Gasteiger charge is 2.17. The summed E-state index contributed by atoms with van der Waals surface area (Å²) in [5.41, 5.74) is 2.42. The van der Waals surface area contributed by atoms with Gasteiger partial charge in [-0.15, -0.1) is 0 Å². The molecule has 4 rings (SSSR count). The van der Waals surface area contributed by atoms with Gasteiger partial charge < -0.3 is 10.2 Å². The lowest BCUT2D eigenvalue weighted by atomic mass is 10.1. The van der Waals surface area contributed by atoms with Crippen LogP contribution in [0.25, 0.3) is 0 Å². The average Bonchev–Trinajstić information content (AvgIpc) is 2.80. The molecule has 33 heavy (non-hydrogen) atoms. The zero-order valence-electron chi connectivity index (χ0n) is 18.7. The van der Waals surface area contributed by atoms with Gasteiger partial charge in [-0.3, -0.25) is 9.52 Å². The topological polar surface area (TPSA) is 104 Å². The van der Waals surface area contributed by atoms with Crippen molar-refractivity contribution < 1.29 is 13.2 Å². The number of carbonyl (C=O) groups is 1. The molecule has 9 heteroatoms. The zero-order chi connectivity index (χ0) is 23.4. The van der Waals surface area contributed by atoms with Crippen LogP contribution in [0.3, 0.4) is 0 Å². The molecule has 0 aliphatic carbocycles. The van der Waals surface area contributed by atoms with E-state index in [1.807, 2.05) is 13.0 Å². The molecule has 0 bridgehead atoms. The van der Waals surface area contributed by atoms with Gasteiger partial charge >= 0.3 is 0 Å². The number of aromatic nitrogens is 2.